The molecule has 0 bridgehead atoms. The number of nitrogens with two attached hydrogens (primary N) is 1. The van der Waals surface area contributed by atoms with E-state index in [2.05, 4.69) is 5.32 Å². The van der Waals surface area contributed by atoms with Crippen molar-refractivity contribution in [3.05, 3.63) is 65.7 Å². The minimum Gasteiger partial charge on any atom is -0.327 e. The fourth-order valence-electron chi connectivity index (χ4n) is 2.29. The molecule has 1 aliphatic rings. The van der Waals surface area contributed by atoms with Gasteiger partial charge in [-0.05, 0) is 30.2 Å². The van der Waals surface area contributed by atoms with Gasteiger partial charge in [-0.1, -0.05) is 36.4 Å². The molecule has 2 unspecified atom stereocenters. The molecular formula is C16H17ClN2O. The Bertz CT molecular complexity index is 600. The number of hydrogen-bond donors (Lipinski definition) is 2. The Hall–Kier alpha value is -1.84. The van der Waals surface area contributed by atoms with Gasteiger partial charge in [-0.3, -0.25) is 4.79 Å². The van der Waals surface area contributed by atoms with Crippen LogP contribution in [0.3, 0.4) is 0 Å². The molecule has 0 saturated heterocycles. The molecule has 1 aliphatic carbocycles. The molecule has 4 heteroatoms. The summed E-state index contributed by atoms with van der Waals surface area (Å²) in [6.45, 7) is 0. The molecule has 0 spiro atoms. The molecule has 3 nitrogen and oxygen atoms in total. The van der Waals surface area contributed by atoms with Crippen LogP contribution in [0.1, 0.15) is 28.3 Å². The summed E-state index contributed by atoms with van der Waals surface area (Å²) in [6.07, 6.45) is 0.998. The predicted molar refractivity (Wildman–Crippen MR) is 83.4 cm³/mol. The van der Waals surface area contributed by atoms with Crippen molar-refractivity contribution in [2.75, 3.05) is 5.32 Å². The van der Waals surface area contributed by atoms with Crippen molar-refractivity contribution < 1.29 is 4.79 Å². The molecule has 3 rings (SSSR count). The largest absolute Gasteiger partial charge is 0.327 e. The van der Waals surface area contributed by atoms with Gasteiger partial charge in [0, 0.05) is 23.2 Å². The van der Waals surface area contributed by atoms with Crippen LogP contribution in [0.4, 0.5) is 5.69 Å². The van der Waals surface area contributed by atoms with Gasteiger partial charge in [0.05, 0.1) is 0 Å². The van der Waals surface area contributed by atoms with Crippen LogP contribution in [0.2, 0.25) is 0 Å². The number of anilines is 1. The fourth-order valence-corrected chi connectivity index (χ4v) is 2.29. The molecule has 2 atom stereocenters. The molecule has 0 heterocycles. The van der Waals surface area contributed by atoms with Crippen LogP contribution in [0.25, 0.3) is 0 Å². The number of carbonyl (C=O) groups excluding carboxylic acids is 1. The van der Waals surface area contributed by atoms with E-state index in [1.165, 1.54) is 0 Å². The van der Waals surface area contributed by atoms with E-state index in [0.29, 0.717) is 11.5 Å². The van der Waals surface area contributed by atoms with Crippen LogP contribution >= 0.6 is 12.4 Å². The molecule has 1 amide bonds. The lowest BCUT2D eigenvalue weighted by atomic mass is 10.1. The Kier molecular flexibility index (Phi) is 4.42. The number of amides is 1. The van der Waals surface area contributed by atoms with E-state index in [1.54, 1.807) is 12.1 Å². The summed E-state index contributed by atoms with van der Waals surface area (Å²) in [5.74, 6) is 0.301. The number of rotatable bonds is 3. The second-order valence-electron chi connectivity index (χ2n) is 4.91. The second-order valence-corrected chi connectivity index (χ2v) is 4.91. The second kappa shape index (κ2) is 6.07. The van der Waals surface area contributed by atoms with Crippen molar-refractivity contribution in [3.8, 4) is 0 Å². The number of hydrogen-bond acceptors (Lipinski definition) is 2. The van der Waals surface area contributed by atoms with E-state index in [-0.39, 0.29) is 24.4 Å². The van der Waals surface area contributed by atoms with E-state index in [9.17, 15) is 4.79 Å². The van der Waals surface area contributed by atoms with Gasteiger partial charge in [0.2, 0.25) is 0 Å². The number of halogens is 1. The molecule has 2 aromatic carbocycles. The maximum atomic E-state index is 12.1. The normalized spacial score (nSPS) is 19.9. The summed E-state index contributed by atoms with van der Waals surface area (Å²) in [7, 11) is 0. The van der Waals surface area contributed by atoms with Crippen LogP contribution < -0.4 is 11.1 Å². The first kappa shape index (κ1) is 14.6. The van der Waals surface area contributed by atoms with Gasteiger partial charge >= 0.3 is 0 Å². The number of nitrogens with one attached hydrogen (secondary N) is 1. The van der Waals surface area contributed by atoms with Crippen LogP contribution in [-0.2, 0) is 0 Å². The minimum absolute atomic E-state index is 0. The first-order valence-electron chi connectivity index (χ1n) is 6.46. The highest BCUT2D eigenvalue weighted by atomic mass is 35.5. The summed E-state index contributed by atoms with van der Waals surface area (Å²) < 4.78 is 0. The van der Waals surface area contributed by atoms with E-state index >= 15 is 0 Å². The average Bonchev–Trinajstić information content (AvgIpc) is 3.17. The number of benzene rings is 2. The monoisotopic (exact) mass is 288 g/mol. The van der Waals surface area contributed by atoms with Crippen LogP contribution in [0.15, 0.2) is 54.6 Å². The Balaban J connectivity index is 0.00000147. The summed E-state index contributed by atoms with van der Waals surface area (Å²) in [5.41, 5.74) is 8.57. The lowest BCUT2D eigenvalue weighted by molar-refractivity contribution is 0.102. The van der Waals surface area contributed by atoms with E-state index in [0.717, 1.165) is 17.7 Å². The minimum atomic E-state index is -0.0812. The summed E-state index contributed by atoms with van der Waals surface area (Å²) in [6, 6.07) is 17.3. The Morgan fingerprint density at radius 2 is 1.65 bits per heavy atom. The highest BCUT2D eigenvalue weighted by Crippen LogP contribution is 2.42. The highest BCUT2D eigenvalue weighted by Gasteiger charge is 2.36. The van der Waals surface area contributed by atoms with Crippen molar-refractivity contribution in [2.45, 2.75) is 18.4 Å². The molecule has 2 aromatic rings. The Labute approximate surface area is 124 Å². The molecule has 1 fully saturated rings. The Morgan fingerprint density at radius 1 is 1.05 bits per heavy atom. The summed E-state index contributed by atoms with van der Waals surface area (Å²) in [5, 5.41) is 2.97. The van der Waals surface area contributed by atoms with Gasteiger partial charge in [-0.25, -0.2) is 0 Å². The van der Waals surface area contributed by atoms with Crippen LogP contribution in [-0.4, -0.2) is 11.9 Å². The third-order valence-electron chi connectivity index (χ3n) is 3.48. The van der Waals surface area contributed by atoms with E-state index < -0.39 is 0 Å². The van der Waals surface area contributed by atoms with Crippen molar-refractivity contribution in [1.29, 1.82) is 0 Å². The lowest BCUT2D eigenvalue weighted by Gasteiger charge is -2.10. The maximum absolute atomic E-state index is 12.1. The first-order chi connectivity index (χ1) is 9.25. The van der Waals surface area contributed by atoms with Gasteiger partial charge in [-0.2, -0.15) is 0 Å². The van der Waals surface area contributed by atoms with Crippen LogP contribution in [0, 0.1) is 0 Å². The average molecular weight is 289 g/mol. The van der Waals surface area contributed by atoms with Crippen molar-refractivity contribution in [2.24, 2.45) is 5.73 Å². The molecule has 3 N–H and O–H groups in total. The SMILES string of the molecule is Cl.NC1CC1c1ccccc1NC(=O)c1ccccc1. The molecular weight excluding hydrogens is 272 g/mol. The number of para-hydroxylation sites is 1. The molecule has 0 radical (unpaired) electrons. The molecule has 20 heavy (non-hydrogen) atoms. The number of carbonyl (C=O) groups is 1. The van der Waals surface area contributed by atoms with Crippen LogP contribution in [0.5, 0.6) is 0 Å². The molecule has 104 valence electrons. The van der Waals surface area contributed by atoms with Gasteiger partial charge in [-0.15, -0.1) is 12.4 Å². The molecule has 0 aromatic heterocycles. The third-order valence-corrected chi connectivity index (χ3v) is 3.48. The quantitative estimate of drug-likeness (QED) is 0.911. The first-order valence-corrected chi connectivity index (χ1v) is 6.46. The topological polar surface area (TPSA) is 55.1 Å². The van der Waals surface area contributed by atoms with E-state index in [4.69, 9.17) is 5.73 Å². The Morgan fingerprint density at radius 3 is 2.30 bits per heavy atom. The zero-order chi connectivity index (χ0) is 13.2. The van der Waals surface area contributed by atoms with Crippen molar-refractivity contribution >= 4 is 24.0 Å². The van der Waals surface area contributed by atoms with Gasteiger partial charge in [0.25, 0.3) is 5.91 Å². The van der Waals surface area contributed by atoms with Crippen molar-refractivity contribution in [3.63, 3.8) is 0 Å². The van der Waals surface area contributed by atoms with Crippen molar-refractivity contribution in [1.82, 2.24) is 0 Å². The standard InChI is InChI=1S/C16H16N2O.ClH/c17-14-10-13(14)12-8-4-5-9-15(12)18-16(19)11-6-2-1-3-7-11;/h1-9,13-14H,10,17H2,(H,18,19);1H. The smallest absolute Gasteiger partial charge is 0.255 e. The lowest BCUT2D eigenvalue weighted by Crippen LogP contribution is -2.13. The predicted octanol–water partition coefficient (Wildman–Crippen LogP) is 3.18. The summed E-state index contributed by atoms with van der Waals surface area (Å²) >= 11 is 0. The van der Waals surface area contributed by atoms with Gasteiger partial charge < -0.3 is 11.1 Å². The fraction of sp³-hybridized carbons (Fsp3) is 0.188. The zero-order valence-electron chi connectivity index (χ0n) is 11.0. The molecule has 1 saturated carbocycles. The third kappa shape index (κ3) is 3.00. The molecule has 0 aliphatic heterocycles. The van der Waals surface area contributed by atoms with Gasteiger partial charge in [0.15, 0.2) is 0 Å². The maximum Gasteiger partial charge on any atom is 0.255 e. The highest BCUT2D eigenvalue weighted by molar-refractivity contribution is 6.04. The summed E-state index contributed by atoms with van der Waals surface area (Å²) in [4.78, 5) is 12.1. The van der Waals surface area contributed by atoms with E-state index in [1.807, 2.05) is 42.5 Å². The van der Waals surface area contributed by atoms with Gasteiger partial charge in [0.1, 0.15) is 0 Å². The zero-order valence-corrected chi connectivity index (χ0v) is 11.8.